The van der Waals surface area contributed by atoms with Crippen molar-refractivity contribution >= 4 is 27.7 Å². The second kappa shape index (κ2) is 5.49. The van der Waals surface area contributed by atoms with E-state index in [0.717, 1.165) is 17.3 Å². The summed E-state index contributed by atoms with van der Waals surface area (Å²) in [6, 6.07) is 1.92. The van der Waals surface area contributed by atoms with Gasteiger partial charge in [0, 0.05) is 16.7 Å². The van der Waals surface area contributed by atoms with Crippen molar-refractivity contribution in [2.75, 3.05) is 5.73 Å². The molecule has 1 unspecified atom stereocenters. The number of nitrogens with one attached hydrogen (secondary N) is 1. The topological polar surface area (TPSA) is 68.0 Å². The SMILES string of the molecule is CC1(C)CCCCC1NC(=O)c1cc(Br)cnc1N. The molecule has 2 rings (SSSR count). The summed E-state index contributed by atoms with van der Waals surface area (Å²) in [4.78, 5) is 16.3. The highest BCUT2D eigenvalue weighted by atomic mass is 79.9. The van der Waals surface area contributed by atoms with Crippen molar-refractivity contribution in [1.82, 2.24) is 10.3 Å². The number of anilines is 1. The van der Waals surface area contributed by atoms with E-state index in [0.29, 0.717) is 5.56 Å². The number of carbonyl (C=O) groups is 1. The van der Waals surface area contributed by atoms with Crippen molar-refractivity contribution in [2.24, 2.45) is 5.41 Å². The molecule has 0 aliphatic heterocycles. The van der Waals surface area contributed by atoms with Crippen molar-refractivity contribution in [1.29, 1.82) is 0 Å². The van der Waals surface area contributed by atoms with E-state index in [1.165, 1.54) is 12.8 Å². The Balaban J connectivity index is 2.14. The molecule has 1 aromatic rings. The minimum absolute atomic E-state index is 0.133. The van der Waals surface area contributed by atoms with Gasteiger partial charge < -0.3 is 11.1 Å². The van der Waals surface area contributed by atoms with E-state index >= 15 is 0 Å². The van der Waals surface area contributed by atoms with Gasteiger partial charge in [-0.05, 0) is 40.3 Å². The van der Waals surface area contributed by atoms with Crippen LogP contribution in [0, 0.1) is 5.41 Å². The van der Waals surface area contributed by atoms with Crippen LogP contribution in [0.2, 0.25) is 0 Å². The van der Waals surface area contributed by atoms with Gasteiger partial charge in [-0.1, -0.05) is 26.7 Å². The number of amides is 1. The summed E-state index contributed by atoms with van der Waals surface area (Å²) in [5.74, 6) is 0.139. The fourth-order valence-corrected chi connectivity index (χ4v) is 2.96. The summed E-state index contributed by atoms with van der Waals surface area (Å²) in [6.07, 6.45) is 6.17. The number of halogens is 1. The van der Waals surface area contributed by atoms with E-state index in [1.54, 1.807) is 12.3 Å². The van der Waals surface area contributed by atoms with Crippen LogP contribution in [-0.4, -0.2) is 16.9 Å². The normalized spacial score (nSPS) is 21.9. The summed E-state index contributed by atoms with van der Waals surface area (Å²) >= 11 is 3.31. The summed E-state index contributed by atoms with van der Waals surface area (Å²) in [6.45, 7) is 4.42. The zero-order valence-corrected chi connectivity index (χ0v) is 13.0. The smallest absolute Gasteiger partial charge is 0.255 e. The molecule has 19 heavy (non-hydrogen) atoms. The Morgan fingerprint density at radius 1 is 1.53 bits per heavy atom. The van der Waals surface area contributed by atoms with E-state index in [-0.39, 0.29) is 23.2 Å². The molecule has 1 aliphatic rings. The van der Waals surface area contributed by atoms with Gasteiger partial charge in [-0.2, -0.15) is 0 Å². The van der Waals surface area contributed by atoms with Crippen LogP contribution in [0.4, 0.5) is 5.82 Å². The van der Waals surface area contributed by atoms with E-state index in [4.69, 9.17) is 5.73 Å². The van der Waals surface area contributed by atoms with Gasteiger partial charge in [0.1, 0.15) is 5.82 Å². The van der Waals surface area contributed by atoms with Gasteiger partial charge in [-0.25, -0.2) is 4.98 Å². The second-order valence-corrected chi connectivity index (χ2v) is 6.76. The highest BCUT2D eigenvalue weighted by Gasteiger charge is 2.33. The molecule has 1 fully saturated rings. The third-order valence-corrected chi connectivity index (χ3v) is 4.38. The first-order valence-corrected chi connectivity index (χ1v) is 7.41. The Morgan fingerprint density at radius 2 is 2.26 bits per heavy atom. The lowest BCUT2D eigenvalue weighted by Crippen LogP contribution is -2.47. The average Bonchev–Trinajstić information content (AvgIpc) is 2.34. The zero-order valence-electron chi connectivity index (χ0n) is 11.4. The number of aromatic nitrogens is 1. The van der Waals surface area contributed by atoms with Crippen molar-refractivity contribution in [2.45, 2.75) is 45.6 Å². The number of hydrogen-bond acceptors (Lipinski definition) is 3. The number of nitrogen functional groups attached to an aromatic ring is 1. The van der Waals surface area contributed by atoms with Gasteiger partial charge in [0.2, 0.25) is 0 Å². The van der Waals surface area contributed by atoms with E-state index in [1.807, 2.05) is 0 Å². The monoisotopic (exact) mass is 325 g/mol. The molecule has 1 heterocycles. The van der Waals surface area contributed by atoms with Crippen LogP contribution in [0.1, 0.15) is 49.9 Å². The number of rotatable bonds is 2. The Bertz CT molecular complexity index is 488. The molecule has 0 spiro atoms. The summed E-state index contributed by atoms with van der Waals surface area (Å²) < 4.78 is 0.759. The highest BCUT2D eigenvalue weighted by Crippen LogP contribution is 2.35. The highest BCUT2D eigenvalue weighted by molar-refractivity contribution is 9.10. The first kappa shape index (κ1) is 14.3. The van der Waals surface area contributed by atoms with Crippen molar-refractivity contribution < 1.29 is 4.79 Å². The minimum atomic E-state index is -0.133. The predicted octanol–water partition coefficient (Wildman–Crippen LogP) is 3.12. The molecule has 1 saturated carbocycles. The van der Waals surface area contributed by atoms with Crippen molar-refractivity contribution in [3.05, 3.63) is 22.3 Å². The maximum absolute atomic E-state index is 12.3. The molecular formula is C14H20BrN3O. The van der Waals surface area contributed by atoms with Crippen LogP contribution in [0.5, 0.6) is 0 Å². The molecule has 4 nitrogen and oxygen atoms in total. The van der Waals surface area contributed by atoms with Gasteiger partial charge >= 0.3 is 0 Å². The van der Waals surface area contributed by atoms with Crippen LogP contribution < -0.4 is 11.1 Å². The molecular weight excluding hydrogens is 306 g/mol. The van der Waals surface area contributed by atoms with Gasteiger partial charge in [0.25, 0.3) is 5.91 Å². The molecule has 0 radical (unpaired) electrons. The number of carbonyl (C=O) groups excluding carboxylic acids is 1. The van der Waals surface area contributed by atoms with E-state index < -0.39 is 0 Å². The lowest BCUT2D eigenvalue weighted by Gasteiger charge is -2.39. The maximum Gasteiger partial charge on any atom is 0.255 e. The lowest BCUT2D eigenvalue weighted by molar-refractivity contribution is 0.0854. The van der Waals surface area contributed by atoms with Crippen molar-refractivity contribution in [3.8, 4) is 0 Å². The molecule has 104 valence electrons. The van der Waals surface area contributed by atoms with Gasteiger partial charge in [0.05, 0.1) is 5.56 Å². The molecule has 1 amide bonds. The Hall–Kier alpha value is -1.10. The second-order valence-electron chi connectivity index (χ2n) is 5.85. The maximum atomic E-state index is 12.3. The fourth-order valence-electron chi connectivity index (χ4n) is 2.63. The summed E-state index contributed by atoms with van der Waals surface area (Å²) in [7, 11) is 0. The van der Waals surface area contributed by atoms with E-state index in [2.05, 4.69) is 40.1 Å². The lowest BCUT2D eigenvalue weighted by atomic mass is 9.73. The molecule has 0 aromatic carbocycles. The van der Waals surface area contributed by atoms with Crippen LogP contribution in [0.15, 0.2) is 16.7 Å². The van der Waals surface area contributed by atoms with Crippen LogP contribution in [0.3, 0.4) is 0 Å². The first-order chi connectivity index (χ1) is 8.90. The third-order valence-electron chi connectivity index (χ3n) is 3.94. The minimum Gasteiger partial charge on any atom is -0.383 e. The van der Waals surface area contributed by atoms with E-state index in [9.17, 15) is 4.79 Å². The Morgan fingerprint density at radius 3 is 2.95 bits per heavy atom. The number of nitrogens with two attached hydrogens (primary N) is 1. The molecule has 5 heteroatoms. The summed E-state index contributed by atoms with van der Waals surface area (Å²) in [5, 5.41) is 3.11. The number of nitrogens with zero attached hydrogens (tertiary/aromatic N) is 1. The van der Waals surface area contributed by atoms with Gasteiger partial charge in [-0.15, -0.1) is 0 Å². The zero-order chi connectivity index (χ0) is 14.0. The predicted molar refractivity (Wildman–Crippen MR) is 79.9 cm³/mol. The summed E-state index contributed by atoms with van der Waals surface area (Å²) in [5.41, 5.74) is 6.35. The van der Waals surface area contributed by atoms with Crippen LogP contribution in [-0.2, 0) is 0 Å². The van der Waals surface area contributed by atoms with Crippen molar-refractivity contribution in [3.63, 3.8) is 0 Å². The van der Waals surface area contributed by atoms with Crippen LogP contribution >= 0.6 is 15.9 Å². The average molecular weight is 326 g/mol. The quantitative estimate of drug-likeness (QED) is 0.877. The van der Waals surface area contributed by atoms with Gasteiger partial charge in [-0.3, -0.25) is 4.79 Å². The first-order valence-electron chi connectivity index (χ1n) is 6.62. The standard InChI is InChI=1S/C14H20BrN3O/c1-14(2)6-4-3-5-11(14)18-13(19)10-7-9(15)8-17-12(10)16/h7-8,11H,3-6H2,1-2H3,(H2,16,17)(H,18,19). The molecule has 1 aromatic heterocycles. The third kappa shape index (κ3) is 3.26. The molecule has 1 atom stereocenters. The molecule has 3 N–H and O–H groups in total. The molecule has 1 aliphatic carbocycles. The van der Waals surface area contributed by atoms with Crippen LogP contribution in [0.25, 0.3) is 0 Å². The molecule has 0 saturated heterocycles. The Kier molecular flexibility index (Phi) is 4.13. The molecule has 0 bridgehead atoms. The van der Waals surface area contributed by atoms with Gasteiger partial charge in [0.15, 0.2) is 0 Å². The Labute approximate surface area is 122 Å². The largest absolute Gasteiger partial charge is 0.383 e. The fraction of sp³-hybridized carbons (Fsp3) is 0.571. The number of pyridine rings is 1. The number of hydrogen-bond donors (Lipinski definition) is 2.